The first-order valence-electron chi connectivity index (χ1n) is 11.2. The minimum atomic E-state index is -4.72. The highest BCUT2D eigenvalue weighted by Crippen LogP contribution is 2.13. The maximum absolute atomic E-state index is 11.8. The van der Waals surface area contributed by atoms with Crippen molar-refractivity contribution in [2.75, 3.05) is 13.2 Å². The molecule has 0 amide bonds. The lowest BCUT2D eigenvalue weighted by molar-refractivity contribution is 0.290. The SMILES string of the molecule is CCCCCCCCCCOS(=O)(=O)S(=O)(=O)OCCCCCCCCCC. The van der Waals surface area contributed by atoms with Crippen molar-refractivity contribution in [1.29, 1.82) is 0 Å². The largest absolute Gasteiger partial charge is 0.400 e. The van der Waals surface area contributed by atoms with Crippen molar-refractivity contribution in [2.24, 2.45) is 0 Å². The second kappa shape index (κ2) is 17.7. The summed E-state index contributed by atoms with van der Waals surface area (Å²) in [7, 11) is -9.44. The van der Waals surface area contributed by atoms with E-state index in [1.165, 1.54) is 51.4 Å². The van der Waals surface area contributed by atoms with Crippen LogP contribution in [0.2, 0.25) is 0 Å². The lowest BCUT2D eigenvalue weighted by atomic mass is 10.1. The molecule has 0 unspecified atom stereocenters. The Hall–Kier alpha value is -0.180. The molecule has 0 spiro atoms. The van der Waals surface area contributed by atoms with Crippen molar-refractivity contribution >= 4 is 18.3 Å². The zero-order valence-electron chi connectivity index (χ0n) is 18.0. The van der Waals surface area contributed by atoms with Gasteiger partial charge in [0.25, 0.3) is 0 Å². The lowest BCUT2D eigenvalue weighted by Gasteiger charge is -2.07. The van der Waals surface area contributed by atoms with Gasteiger partial charge < -0.3 is 0 Å². The first kappa shape index (κ1) is 27.8. The summed E-state index contributed by atoms with van der Waals surface area (Å²) in [6.07, 6.45) is 16.7. The molecule has 0 aliphatic carbocycles. The van der Waals surface area contributed by atoms with Gasteiger partial charge in [0.2, 0.25) is 0 Å². The Morgan fingerprint density at radius 3 is 0.964 bits per heavy atom. The van der Waals surface area contributed by atoms with Crippen molar-refractivity contribution in [1.82, 2.24) is 0 Å². The molecule has 0 atom stereocenters. The smallest absolute Gasteiger partial charge is 0.257 e. The Balaban J connectivity index is 3.79. The van der Waals surface area contributed by atoms with Gasteiger partial charge in [-0.15, -0.1) is 0 Å². The molecule has 0 bridgehead atoms. The van der Waals surface area contributed by atoms with E-state index >= 15 is 0 Å². The van der Waals surface area contributed by atoms with E-state index in [-0.39, 0.29) is 13.2 Å². The predicted octanol–water partition coefficient (Wildman–Crippen LogP) is 5.88. The molecule has 0 rings (SSSR count). The monoisotopic (exact) mass is 442 g/mol. The summed E-state index contributed by atoms with van der Waals surface area (Å²) >= 11 is 0. The molecule has 0 aromatic carbocycles. The average Bonchev–Trinajstić information content (AvgIpc) is 2.65. The highest BCUT2D eigenvalue weighted by Gasteiger charge is 2.32. The maximum atomic E-state index is 11.8. The normalized spacial score (nSPS) is 12.5. The fraction of sp³-hybridized carbons (Fsp3) is 1.00. The van der Waals surface area contributed by atoms with Crippen LogP contribution in [0.5, 0.6) is 0 Å². The molecule has 0 radical (unpaired) electrons. The molecule has 8 heteroatoms. The Bertz CT molecular complexity index is 493. The summed E-state index contributed by atoms with van der Waals surface area (Å²) in [4.78, 5) is 0. The number of rotatable bonds is 21. The van der Waals surface area contributed by atoms with Crippen molar-refractivity contribution in [3.05, 3.63) is 0 Å². The molecule has 28 heavy (non-hydrogen) atoms. The predicted molar refractivity (Wildman–Crippen MR) is 115 cm³/mol. The van der Waals surface area contributed by atoms with Crippen molar-refractivity contribution in [3.8, 4) is 0 Å². The first-order valence-corrected chi connectivity index (χ1v) is 14.5. The van der Waals surface area contributed by atoms with Gasteiger partial charge in [-0.05, 0) is 12.8 Å². The summed E-state index contributed by atoms with van der Waals surface area (Å²) in [6, 6.07) is 0. The van der Waals surface area contributed by atoms with Gasteiger partial charge in [0.1, 0.15) is 0 Å². The van der Waals surface area contributed by atoms with Crippen LogP contribution in [-0.4, -0.2) is 30.0 Å². The van der Waals surface area contributed by atoms with E-state index < -0.39 is 18.3 Å². The van der Waals surface area contributed by atoms with E-state index in [0.717, 1.165) is 38.5 Å². The van der Waals surface area contributed by atoms with Gasteiger partial charge in [-0.2, -0.15) is 16.8 Å². The molecule has 0 aromatic rings. The van der Waals surface area contributed by atoms with Gasteiger partial charge >= 0.3 is 18.3 Å². The maximum Gasteiger partial charge on any atom is 0.400 e. The van der Waals surface area contributed by atoms with Crippen LogP contribution in [0.3, 0.4) is 0 Å². The van der Waals surface area contributed by atoms with Crippen molar-refractivity contribution < 1.29 is 25.2 Å². The van der Waals surface area contributed by atoms with E-state index in [1.807, 2.05) is 0 Å². The number of unbranched alkanes of at least 4 members (excludes halogenated alkanes) is 14. The average molecular weight is 443 g/mol. The fourth-order valence-electron chi connectivity index (χ4n) is 2.91. The summed E-state index contributed by atoms with van der Waals surface area (Å²) in [6.45, 7) is 4.12. The molecule has 0 aliphatic heterocycles. The van der Waals surface area contributed by atoms with Gasteiger partial charge in [0.05, 0.1) is 13.2 Å². The van der Waals surface area contributed by atoms with E-state index in [2.05, 4.69) is 22.2 Å². The third-order valence-corrected chi connectivity index (χ3v) is 8.19. The fourth-order valence-corrected chi connectivity index (χ4v) is 4.91. The summed E-state index contributed by atoms with van der Waals surface area (Å²) < 4.78 is 56.4. The minimum Gasteiger partial charge on any atom is -0.257 e. The molecular weight excluding hydrogens is 400 g/mol. The molecule has 0 aromatic heterocycles. The molecule has 0 aliphatic rings. The molecule has 0 heterocycles. The van der Waals surface area contributed by atoms with Crippen molar-refractivity contribution in [3.63, 3.8) is 0 Å². The first-order chi connectivity index (χ1) is 13.4. The summed E-state index contributed by atoms with van der Waals surface area (Å²) in [5.41, 5.74) is 0. The second-order valence-electron chi connectivity index (χ2n) is 7.41. The number of hydrogen-bond acceptors (Lipinski definition) is 6. The molecule has 170 valence electrons. The van der Waals surface area contributed by atoms with Crippen LogP contribution in [0.1, 0.15) is 117 Å². The van der Waals surface area contributed by atoms with Gasteiger partial charge in [0.15, 0.2) is 0 Å². The van der Waals surface area contributed by atoms with Crippen LogP contribution in [0.25, 0.3) is 0 Å². The third-order valence-electron chi connectivity index (χ3n) is 4.70. The van der Waals surface area contributed by atoms with Crippen LogP contribution >= 0.6 is 0 Å². The standard InChI is InChI=1S/C20H42O6S2/c1-3-5-7-9-11-13-15-17-19-25-27(21,22)28(23,24)26-20-18-16-14-12-10-8-6-4-2/h3-20H2,1-2H3. The highest BCUT2D eigenvalue weighted by molar-refractivity contribution is 8.63. The second-order valence-corrected chi connectivity index (χ2v) is 12.0. The number of hydrogen-bond donors (Lipinski definition) is 0. The van der Waals surface area contributed by atoms with Gasteiger partial charge in [0, 0.05) is 0 Å². The Morgan fingerprint density at radius 2 is 0.679 bits per heavy atom. The van der Waals surface area contributed by atoms with Crippen LogP contribution in [0.4, 0.5) is 0 Å². The Kier molecular flexibility index (Phi) is 17.5. The molecule has 0 N–H and O–H groups in total. The molecule has 0 fully saturated rings. The molecule has 0 saturated carbocycles. The Morgan fingerprint density at radius 1 is 0.429 bits per heavy atom. The molecular formula is C20H42O6S2. The topological polar surface area (TPSA) is 86.7 Å². The van der Waals surface area contributed by atoms with E-state index in [0.29, 0.717) is 12.8 Å². The van der Waals surface area contributed by atoms with E-state index in [4.69, 9.17) is 0 Å². The van der Waals surface area contributed by atoms with Gasteiger partial charge in [-0.3, -0.25) is 8.37 Å². The third kappa shape index (κ3) is 14.8. The van der Waals surface area contributed by atoms with Crippen LogP contribution in [-0.2, 0) is 26.7 Å². The Labute approximate surface area is 173 Å². The molecule has 6 nitrogen and oxygen atoms in total. The zero-order chi connectivity index (χ0) is 21.1. The lowest BCUT2D eigenvalue weighted by Crippen LogP contribution is -2.22. The van der Waals surface area contributed by atoms with Crippen LogP contribution in [0, 0.1) is 0 Å². The van der Waals surface area contributed by atoms with E-state index in [9.17, 15) is 16.8 Å². The minimum absolute atomic E-state index is 0.113. The summed E-state index contributed by atoms with van der Waals surface area (Å²) in [5.74, 6) is 0. The van der Waals surface area contributed by atoms with Crippen LogP contribution < -0.4 is 0 Å². The van der Waals surface area contributed by atoms with Gasteiger partial charge in [-0.25, -0.2) is 0 Å². The van der Waals surface area contributed by atoms with Crippen LogP contribution in [0.15, 0.2) is 0 Å². The molecule has 0 saturated heterocycles. The highest BCUT2D eigenvalue weighted by atomic mass is 33.2. The quantitative estimate of drug-likeness (QED) is 0.163. The van der Waals surface area contributed by atoms with Gasteiger partial charge in [-0.1, -0.05) is 104 Å². The van der Waals surface area contributed by atoms with E-state index in [1.54, 1.807) is 0 Å². The summed E-state index contributed by atoms with van der Waals surface area (Å²) in [5, 5.41) is 0. The van der Waals surface area contributed by atoms with Crippen molar-refractivity contribution in [2.45, 2.75) is 117 Å². The zero-order valence-corrected chi connectivity index (χ0v) is 19.6.